The van der Waals surface area contributed by atoms with Crippen LogP contribution in [-0.2, 0) is 6.54 Å². The van der Waals surface area contributed by atoms with E-state index in [4.69, 9.17) is 0 Å². The Morgan fingerprint density at radius 3 is 2.71 bits per heavy atom. The zero-order chi connectivity index (χ0) is 9.80. The van der Waals surface area contributed by atoms with Crippen LogP contribution in [0.25, 0.3) is 0 Å². The van der Waals surface area contributed by atoms with E-state index in [1.165, 1.54) is 11.1 Å². The molecular formula is C9H10N4O. The first-order valence-electron chi connectivity index (χ1n) is 4.30. The molecule has 0 fully saturated rings. The zero-order valence-corrected chi connectivity index (χ0v) is 7.48. The molecule has 0 bridgehead atoms. The van der Waals surface area contributed by atoms with Gasteiger partial charge in [-0.25, -0.2) is 0 Å². The summed E-state index contributed by atoms with van der Waals surface area (Å²) >= 11 is 0. The van der Waals surface area contributed by atoms with Gasteiger partial charge in [0.05, 0.1) is 6.54 Å². The highest BCUT2D eigenvalue weighted by molar-refractivity contribution is 5.16. The number of aliphatic hydroxyl groups excluding tert-OH is 1. The molecule has 0 amide bonds. The summed E-state index contributed by atoms with van der Waals surface area (Å²) in [7, 11) is 0. The number of nitrogens with zero attached hydrogens (tertiary/aromatic N) is 4. The second-order valence-corrected chi connectivity index (χ2v) is 2.92. The van der Waals surface area contributed by atoms with Gasteiger partial charge in [-0.1, -0.05) is 30.3 Å². The molecule has 5 heteroatoms. The minimum atomic E-state index is -0.592. The smallest absolute Gasteiger partial charge is 0.162 e. The summed E-state index contributed by atoms with van der Waals surface area (Å²) in [6.07, 6.45) is 0.753. The molecule has 1 aromatic heterocycles. The number of aliphatic hydroxyl groups is 1. The molecule has 5 nitrogen and oxygen atoms in total. The third-order valence-electron chi connectivity index (χ3n) is 1.91. The van der Waals surface area contributed by atoms with E-state index >= 15 is 0 Å². The summed E-state index contributed by atoms with van der Waals surface area (Å²) in [6.45, 7) is 0.323. The first kappa shape index (κ1) is 8.83. The highest BCUT2D eigenvalue weighted by atomic mass is 16.3. The van der Waals surface area contributed by atoms with Crippen LogP contribution in [0.5, 0.6) is 0 Å². The molecule has 0 radical (unpaired) electrons. The molecule has 0 spiro atoms. The molecule has 1 heterocycles. The Balaban J connectivity index is 2.07. The van der Waals surface area contributed by atoms with Gasteiger partial charge in [0.1, 0.15) is 6.10 Å². The van der Waals surface area contributed by atoms with E-state index in [-0.39, 0.29) is 0 Å². The van der Waals surface area contributed by atoms with Crippen molar-refractivity contribution in [3.05, 3.63) is 42.2 Å². The van der Waals surface area contributed by atoms with Gasteiger partial charge in [0.25, 0.3) is 0 Å². The van der Waals surface area contributed by atoms with Gasteiger partial charge in [-0.3, -0.25) is 0 Å². The molecule has 2 aromatic rings. The topological polar surface area (TPSA) is 63.8 Å². The maximum Gasteiger partial charge on any atom is 0.162 e. The molecule has 0 aliphatic heterocycles. The maximum atomic E-state index is 9.76. The predicted octanol–water partition coefficient (Wildman–Crippen LogP) is 0.407. The van der Waals surface area contributed by atoms with Crippen molar-refractivity contribution < 1.29 is 5.11 Å². The van der Waals surface area contributed by atoms with Gasteiger partial charge in [-0.15, -0.1) is 10.2 Å². The van der Waals surface area contributed by atoms with E-state index < -0.39 is 6.10 Å². The summed E-state index contributed by atoms with van der Waals surface area (Å²) in [4.78, 5) is 1.36. The van der Waals surface area contributed by atoms with E-state index in [0.717, 1.165) is 5.56 Å². The molecule has 0 saturated carbocycles. The van der Waals surface area contributed by atoms with Crippen molar-refractivity contribution in [2.75, 3.05) is 0 Å². The molecule has 0 unspecified atom stereocenters. The normalized spacial score (nSPS) is 12.6. The first-order valence-corrected chi connectivity index (χ1v) is 4.30. The van der Waals surface area contributed by atoms with Crippen molar-refractivity contribution in [3.63, 3.8) is 0 Å². The van der Waals surface area contributed by atoms with Crippen molar-refractivity contribution in [1.29, 1.82) is 0 Å². The zero-order valence-electron chi connectivity index (χ0n) is 7.48. The fourth-order valence-corrected chi connectivity index (χ4v) is 1.21. The van der Waals surface area contributed by atoms with Gasteiger partial charge < -0.3 is 5.11 Å². The number of aromatic nitrogens is 4. The SMILES string of the molecule is O[C@@H](Cn1ncnn1)c1ccccc1. The lowest BCUT2D eigenvalue weighted by Crippen LogP contribution is -2.11. The maximum absolute atomic E-state index is 9.76. The van der Waals surface area contributed by atoms with Gasteiger partial charge >= 0.3 is 0 Å². The van der Waals surface area contributed by atoms with Crippen molar-refractivity contribution in [2.24, 2.45) is 0 Å². The van der Waals surface area contributed by atoms with Crippen molar-refractivity contribution >= 4 is 0 Å². The summed E-state index contributed by atoms with van der Waals surface area (Å²) < 4.78 is 0. The lowest BCUT2D eigenvalue weighted by atomic mass is 10.1. The van der Waals surface area contributed by atoms with E-state index in [9.17, 15) is 5.11 Å². The molecule has 1 aromatic carbocycles. The number of hydrogen-bond acceptors (Lipinski definition) is 4. The van der Waals surface area contributed by atoms with Gasteiger partial charge in [-0.2, -0.15) is 4.80 Å². The monoisotopic (exact) mass is 190 g/mol. The fourth-order valence-electron chi connectivity index (χ4n) is 1.21. The Morgan fingerprint density at radius 1 is 1.29 bits per heavy atom. The summed E-state index contributed by atoms with van der Waals surface area (Å²) in [5, 5.41) is 20.8. The molecule has 72 valence electrons. The molecule has 14 heavy (non-hydrogen) atoms. The van der Waals surface area contributed by atoms with Crippen molar-refractivity contribution in [2.45, 2.75) is 12.6 Å². The van der Waals surface area contributed by atoms with Crippen LogP contribution in [0.3, 0.4) is 0 Å². The highest BCUT2D eigenvalue weighted by Crippen LogP contribution is 2.12. The van der Waals surface area contributed by atoms with Gasteiger partial charge in [-0.05, 0) is 10.8 Å². The molecular weight excluding hydrogens is 180 g/mol. The van der Waals surface area contributed by atoms with E-state index in [2.05, 4.69) is 15.4 Å². The quantitative estimate of drug-likeness (QED) is 0.761. The molecule has 2 rings (SSSR count). The largest absolute Gasteiger partial charge is 0.386 e. The van der Waals surface area contributed by atoms with Crippen LogP contribution >= 0.6 is 0 Å². The number of benzene rings is 1. The lowest BCUT2D eigenvalue weighted by Gasteiger charge is -2.08. The van der Waals surface area contributed by atoms with Crippen LogP contribution in [0.2, 0.25) is 0 Å². The fraction of sp³-hybridized carbons (Fsp3) is 0.222. The van der Waals surface area contributed by atoms with Crippen LogP contribution in [0, 0.1) is 0 Å². The number of rotatable bonds is 3. The Morgan fingerprint density at radius 2 is 2.07 bits per heavy atom. The Hall–Kier alpha value is -1.75. The minimum Gasteiger partial charge on any atom is -0.386 e. The summed E-state index contributed by atoms with van der Waals surface area (Å²) in [5.41, 5.74) is 0.852. The second-order valence-electron chi connectivity index (χ2n) is 2.92. The number of tetrazole rings is 1. The van der Waals surface area contributed by atoms with Crippen LogP contribution in [0.1, 0.15) is 11.7 Å². The minimum absolute atomic E-state index is 0.323. The standard InChI is InChI=1S/C9H10N4O/c14-9(6-13-11-7-10-12-13)8-4-2-1-3-5-8/h1-5,7,9,14H,6H2/t9-/m0/s1. The summed E-state index contributed by atoms with van der Waals surface area (Å²) in [6, 6.07) is 9.40. The average Bonchev–Trinajstić information content (AvgIpc) is 2.72. The van der Waals surface area contributed by atoms with Crippen LogP contribution in [0.15, 0.2) is 36.7 Å². The van der Waals surface area contributed by atoms with Crippen LogP contribution < -0.4 is 0 Å². The Bertz CT molecular complexity index is 373. The highest BCUT2D eigenvalue weighted by Gasteiger charge is 2.08. The summed E-state index contributed by atoms with van der Waals surface area (Å²) in [5.74, 6) is 0. The van der Waals surface area contributed by atoms with Crippen molar-refractivity contribution in [1.82, 2.24) is 20.2 Å². The van der Waals surface area contributed by atoms with Crippen LogP contribution in [0.4, 0.5) is 0 Å². The van der Waals surface area contributed by atoms with E-state index in [1.807, 2.05) is 30.3 Å². The van der Waals surface area contributed by atoms with Crippen molar-refractivity contribution in [3.8, 4) is 0 Å². The molecule has 1 N–H and O–H groups in total. The third-order valence-corrected chi connectivity index (χ3v) is 1.91. The first-order chi connectivity index (χ1) is 6.86. The van der Waals surface area contributed by atoms with Gasteiger partial charge in [0, 0.05) is 0 Å². The van der Waals surface area contributed by atoms with E-state index in [1.54, 1.807) is 0 Å². The molecule has 0 aliphatic carbocycles. The Labute approximate surface area is 81.0 Å². The van der Waals surface area contributed by atoms with Gasteiger partial charge in [0.2, 0.25) is 0 Å². The lowest BCUT2D eigenvalue weighted by molar-refractivity contribution is 0.144. The second kappa shape index (κ2) is 3.97. The molecule has 0 aliphatic rings. The number of hydrogen-bond donors (Lipinski definition) is 1. The molecule has 0 saturated heterocycles. The average molecular weight is 190 g/mol. The third kappa shape index (κ3) is 1.94. The van der Waals surface area contributed by atoms with Crippen LogP contribution in [-0.4, -0.2) is 25.3 Å². The Kier molecular flexibility index (Phi) is 2.51. The predicted molar refractivity (Wildman–Crippen MR) is 49.2 cm³/mol. The van der Waals surface area contributed by atoms with E-state index in [0.29, 0.717) is 6.54 Å². The molecule has 1 atom stereocenters. The van der Waals surface area contributed by atoms with Gasteiger partial charge in [0.15, 0.2) is 6.33 Å².